The average Bonchev–Trinajstić information content (AvgIpc) is 2.54. The van der Waals surface area contributed by atoms with Gasteiger partial charge in [-0.15, -0.1) is 0 Å². The first-order chi connectivity index (χ1) is 10.6. The Bertz CT molecular complexity index is 553. The molecule has 0 bridgehead atoms. The van der Waals surface area contributed by atoms with Crippen molar-refractivity contribution in [3.05, 3.63) is 28.8 Å². The smallest absolute Gasteiger partial charge is 0.309 e. The summed E-state index contributed by atoms with van der Waals surface area (Å²) in [5.74, 6) is 0.191. The molecule has 0 unspecified atom stereocenters. The van der Waals surface area contributed by atoms with E-state index in [-0.39, 0.29) is 17.8 Å². The number of halogens is 1. The van der Waals surface area contributed by atoms with Crippen LogP contribution in [0.4, 0.5) is 0 Å². The first-order valence-corrected chi connectivity index (χ1v) is 7.74. The van der Waals surface area contributed by atoms with Gasteiger partial charge >= 0.3 is 5.97 Å². The average molecular weight is 326 g/mol. The lowest BCUT2D eigenvalue weighted by Crippen LogP contribution is -2.40. The van der Waals surface area contributed by atoms with Crippen LogP contribution >= 0.6 is 11.6 Å². The molecule has 1 saturated heterocycles. The number of hydrogen-bond donors (Lipinski definition) is 0. The molecule has 6 heteroatoms. The van der Waals surface area contributed by atoms with Crippen LogP contribution in [0.3, 0.4) is 0 Å². The van der Waals surface area contributed by atoms with E-state index in [0.717, 1.165) is 0 Å². The van der Waals surface area contributed by atoms with E-state index >= 15 is 0 Å². The van der Waals surface area contributed by atoms with Gasteiger partial charge in [-0.25, -0.2) is 0 Å². The van der Waals surface area contributed by atoms with Gasteiger partial charge in [-0.2, -0.15) is 0 Å². The highest BCUT2D eigenvalue weighted by molar-refractivity contribution is 6.32. The first-order valence-electron chi connectivity index (χ1n) is 7.36. The summed E-state index contributed by atoms with van der Waals surface area (Å²) < 4.78 is 10.1. The van der Waals surface area contributed by atoms with Crippen LogP contribution in [0.25, 0.3) is 0 Å². The highest BCUT2D eigenvalue weighted by Crippen LogP contribution is 2.26. The summed E-state index contributed by atoms with van der Waals surface area (Å²) in [4.78, 5) is 25.9. The van der Waals surface area contributed by atoms with Crippen LogP contribution in [-0.4, -0.2) is 43.6 Å². The molecule has 1 aliphatic rings. The van der Waals surface area contributed by atoms with Gasteiger partial charge in [-0.1, -0.05) is 11.6 Å². The molecule has 0 spiro atoms. The molecule has 1 aromatic carbocycles. The Kier molecular flexibility index (Phi) is 5.66. The van der Waals surface area contributed by atoms with E-state index in [4.69, 9.17) is 21.1 Å². The second kappa shape index (κ2) is 7.49. The number of ether oxygens (including phenoxy) is 2. The number of methoxy groups -OCH3 is 1. The van der Waals surface area contributed by atoms with Crippen molar-refractivity contribution in [1.82, 2.24) is 4.90 Å². The minimum absolute atomic E-state index is 0.0770. The minimum Gasteiger partial charge on any atom is -0.495 e. The summed E-state index contributed by atoms with van der Waals surface area (Å²) in [7, 11) is 1.53. The second-order valence-corrected chi connectivity index (χ2v) is 5.58. The summed E-state index contributed by atoms with van der Waals surface area (Å²) >= 11 is 6.06. The van der Waals surface area contributed by atoms with Crippen LogP contribution in [0.5, 0.6) is 5.75 Å². The minimum atomic E-state index is -0.165. The van der Waals surface area contributed by atoms with E-state index < -0.39 is 0 Å². The number of benzene rings is 1. The number of rotatable bonds is 4. The van der Waals surface area contributed by atoms with Crippen LogP contribution in [0.15, 0.2) is 18.2 Å². The molecule has 0 atom stereocenters. The lowest BCUT2D eigenvalue weighted by Gasteiger charge is -2.31. The highest BCUT2D eigenvalue weighted by atomic mass is 35.5. The molecule has 1 aromatic rings. The van der Waals surface area contributed by atoms with Gasteiger partial charge in [0.25, 0.3) is 5.91 Å². The van der Waals surface area contributed by atoms with Gasteiger partial charge in [0, 0.05) is 18.7 Å². The fourth-order valence-electron chi connectivity index (χ4n) is 2.56. The Morgan fingerprint density at radius 1 is 1.32 bits per heavy atom. The topological polar surface area (TPSA) is 55.8 Å². The Morgan fingerprint density at radius 2 is 2.00 bits per heavy atom. The lowest BCUT2D eigenvalue weighted by atomic mass is 9.96. The fourth-order valence-corrected chi connectivity index (χ4v) is 2.82. The highest BCUT2D eigenvalue weighted by Gasteiger charge is 2.28. The van der Waals surface area contributed by atoms with Crippen molar-refractivity contribution in [3.8, 4) is 5.75 Å². The summed E-state index contributed by atoms with van der Waals surface area (Å²) in [6.45, 7) is 3.28. The summed E-state index contributed by atoms with van der Waals surface area (Å²) in [5.41, 5.74) is 0.528. The zero-order chi connectivity index (χ0) is 16.1. The van der Waals surface area contributed by atoms with Gasteiger partial charge in [0.1, 0.15) is 5.75 Å². The maximum absolute atomic E-state index is 12.5. The molecule has 1 fully saturated rings. The number of hydrogen-bond acceptors (Lipinski definition) is 4. The molecule has 5 nitrogen and oxygen atoms in total. The standard InChI is InChI=1S/C16H20ClNO4/c1-3-22-16(20)11-6-8-18(9-7-11)15(19)12-4-5-14(21-2)13(17)10-12/h4-5,10-11H,3,6-9H2,1-2H3. The molecule has 1 heterocycles. The van der Waals surface area contributed by atoms with Crippen LogP contribution < -0.4 is 4.74 Å². The third kappa shape index (κ3) is 3.71. The number of esters is 1. The van der Waals surface area contributed by atoms with Crippen molar-refractivity contribution in [2.45, 2.75) is 19.8 Å². The molecule has 1 aliphatic heterocycles. The first kappa shape index (κ1) is 16.6. The molecule has 0 saturated carbocycles. The number of piperidine rings is 1. The zero-order valence-electron chi connectivity index (χ0n) is 12.8. The molecular formula is C16H20ClNO4. The van der Waals surface area contributed by atoms with Gasteiger partial charge < -0.3 is 14.4 Å². The molecule has 1 amide bonds. The van der Waals surface area contributed by atoms with Crippen LogP contribution in [0.1, 0.15) is 30.1 Å². The van der Waals surface area contributed by atoms with Crippen LogP contribution in [0.2, 0.25) is 5.02 Å². The maximum Gasteiger partial charge on any atom is 0.309 e. The quantitative estimate of drug-likeness (QED) is 0.799. The molecule has 0 radical (unpaired) electrons. The maximum atomic E-state index is 12.5. The normalized spacial score (nSPS) is 15.5. The summed E-state index contributed by atoms with van der Waals surface area (Å²) in [6, 6.07) is 4.99. The van der Waals surface area contributed by atoms with Crippen LogP contribution in [0, 0.1) is 5.92 Å². The van der Waals surface area contributed by atoms with E-state index in [2.05, 4.69) is 0 Å². The molecule has 2 rings (SSSR count). The van der Waals surface area contributed by atoms with Gasteiger partial charge in [0.15, 0.2) is 0 Å². The summed E-state index contributed by atoms with van der Waals surface area (Å²) in [5, 5.41) is 0.412. The molecular weight excluding hydrogens is 306 g/mol. The molecule has 0 N–H and O–H groups in total. The Balaban J connectivity index is 1.98. The van der Waals surface area contributed by atoms with Crippen molar-refractivity contribution < 1.29 is 19.1 Å². The number of likely N-dealkylation sites (tertiary alicyclic amines) is 1. The predicted octanol–water partition coefficient (Wildman–Crippen LogP) is 2.76. The lowest BCUT2D eigenvalue weighted by molar-refractivity contribution is -0.149. The number of nitrogens with zero attached hydrogens (tertiary/aromatic N) is 1. The Labute approximate surface area is 135 Å². The molecule has 120 valence electrons. The van der Waals surface area contributed by atoms with E-state index in [0.29, 0.717) is 48.9 Å². The van der Waals surface area contributed by atoms with Crippen molar-refractivity contribution >= 4 is 23.5 Å². The van der Waals surface area contributed by atoms with Crippen molar-refractivity contribution in [3.63, 3.8) is 0 Å². The number of carbonyl (C=O) groups is 2. The Hall–Kier alpha value is -1.75. The SMILES string of the molecule is CCOC(=O)C1CCN(C(=O)c2ccc(OC)c(Cl)c2)CC1. The molecule has 0 aromatic heterocycles. The third-order valence-electron chi connectivity index (χ3n) is 3.80. The fraction of sp³-hybridized carbons (Fsp3) is 0.500. The van der Waals surface area contributed by atoms with Crippen molar-refractivity contribution in [2.24, 2.45) is 5.92 Å². The van der Waals surface area contributed by atoms with E-state index in [1.807, 2.05) is 0 Å². The van der Waals surface area contributed by atoms with Gasteiger partial charge in [0.2, 0.25) is 0 Å². The molecule has 22 heavy (non-hydrogen) atoms. The molecule has 0 aliphatic carbocycles. The third-order valence-corrected chi connectivity index (χ3v) is 4.10. The van der Waals surface area contributed by atoms with E-state index in [9.17, 15) is 9.59 Å². The van der Waals surface area contributed by atoms with E-state index in [1.165, 1.54) is 7.11 Å². The van der Waals surface area contributed by atoms with E-state index in [1.54, 1.807) is 30.0 Å². The largest absolute Gasteiger partial charge is 0.495 e. The van der Waals surface area contributed by atoms with Gasteiger partial charge in [-0.05, 0) is 38.0 Å². The van der Waals surface area contributed by atoms with Gasteiger partial charge in [-0.3, -0.25) is 9.59 Å². The number of amides is 1. The van der Waals surface area contributed by atoms with Gasteiger partial charge in [0.05, 0.1) is 24.7 Å². The second-order valence-electron chi connectivity index (χ2n) is 5.17. The zero-order valence-corrected chi connectivity index (χ0v) is 13.6. The summed E-state index contributed by atoms with van der Waals surface area (Å²) in [6.07, 6.45) is 1.27. The van der Waals surface area contributed by atoms with Crippen molar-refractivity contribution in [1.29, 1.82) is 0 Å². The van der Waals surface area contributed by atoms with Crippen LogP contribution in [-0.2, 0) is 9.53 Å². The monoisotopic (exact) mass is 325 g/mol. The van der Waals surface area contributed by atoms with Crippen molar-refractivity contribution in [2.75, 3.05) is 26.8 Å². The predicted molar refractivity (Wildman–Crippen MR) is 83.3 cm³/mol. The Morgan fingerprint density at radius 3 is 2.55 bits per heavy atom. The number of carbonyl (C=O) groups excluding carboxylic acids is 2.